The fourth-order valence-electron chi connectivity index (χ4n) is 3.52. The van der Waals surface area contributed by atoms with Crippen molar-refractivity contribution in [3.05, 3.63) is 40.9 Å². The summed E-state index contributed by atoms with van der Waals surface area (Å²) < 4.78 is 44.4. The average Bonchev–Trinajstić information content (AvgIpc) is 3.27. The quantitative estimate of drug-likeness (QED) is 0.424. The Bertz CT molecular complexity index is 1040. The first-order valence-electron chi connectivity index (χ1n) is 10.9. The molecule has 35 heavy (non-hydrogen) atoms. The van der Waals surface area contributed by atoms with Gasteiger partial charge >= 0.3 is 24.1 Å². The number of para-hydroxylation sites is 1. The van der Waals surface area contributed by atoms with E-state index < -0.39 is 23.7 Å². The van der Waals surface area contributed by atoms with E-state index in [2.05, 4.69) is 15.6 Å². The van der Waals surface area contributed by atoms with Crippen molar-refractivity contribution < 1.29 is 37.4 Å². The number of anilines is 2. The summed E-state index contributed by atoms with van der Waals surface area (Å²) in [7, 11) is 0. The van der Waals surface area contributed by atoms with Crippen LogP contribution in [-0.2, 0) is 27.1 Å². The molecule has 3 rings (SSSR count). The molecule has 190 valence electrons. The number of nitrogens with zero attached hydrogens (tertiary/aromatic N) is 2. The van der Waals surface area contributed by atoms with E-state index in [1.165, 1.54) is 12.1 Å². The van der Waals surface area contributed by atoms with Crippen molar-refractivity contribution in [3.63, 3.8) is 0 Å². The minimum absolute atomic E-state index is 0.0484. The maximum atomic E-state index is 13.1. The number of halogens is 3. The Morgan fingerprint density at radius 2 is 1.89 bits per heavy atom. The third kappa shape index (κ3) is 8.12. The number of carbonyl (C=O) groups excluding carboxylic acids is 2. The maximum absolute atomic E-state index is 13.1. The molecule has 0 saturated carbocycles. The van der Waals surface area contributed by atoms with E-state index in [4.69, 9.17) is 9.84 Å². The standard InChI is InChI=1S/C22H25F3N4O5S/c23-22(24,25)16-3-1-2-4-17(16)26-11-14-7-9-29(10-8-14)21(33)28-20-27-15(13-35-20)12-34-19(32)6-5-18(30)31/h1-4,13-14,26H,5-12H2,(H,30,31)(H,27,28,33). The summed E-state index contributed by atoms with van der Waals surface area (Å²) in [6.45, 7) is 1.17. The van der Waals surface area contributed by atoms with Gasteiger partial charge in [-0.25, -0.2) is 9.78 Å². The van der Waals surface area contributed by atoms with Crippen LogP contribution in [-0.4, -0.2) is 52.6 Å². The number of alkyl halides is 3. The Kier molecular flexibility index (Phi) is 8.90. The van der Waals surface area contributed by atoms with E-state index in [0.717, 1.165) is 17.4 Å². The van der Waals surface area contributed by atoms with Gasteiger partial charge in [-0.1, -0.05) is 12.1 Å². The number of ether oxygens (including phenoxy) is 1. The molecule has 1 aromatic carbocycles. The van der Waals surface area contributed by atoms with Crippen LogP contribution in [0.15, 0.2) is 29.6 Å². The van der Waals surface area contributed by atoms with Crippen LogP contribution >= 0.6 is 11.3 Å². The molecule has 2 heterocycles. The summed E-state index contributed by atoms with van der Waals surface area (Å²) in [5.74, 6) is -1.61. The van der Waals surface area contributed by atoms with Crippen molar-refractivity contribution in [3.8, 4) is 0 Å². The predicted molar refractivity (Wildman–Crippen MR) is 122 cm³/mol. The highest BCUT2D eigenvalue weighted by atomic mass is 32.1. The van der Waals surface area contributed by atoms with Crippen LogP contribution in [0.4, 0.5) is 28.8 Å². The molecule has 0 radical (unpaired) electrons. The molecular weight excluding hydrogens is 489 g/mol. The lowest BCUT2D eigenvalue weighted by molar-refractivity contribution is -0.148. The van der Waals surface area contributed by atoms with Crippen LogP contribution in [0.1, 0.15) is 36.9 Å². The Morgan fingerprint density at radius 3 is 2.57 bits per heavy atom. The molecule has 1 saturated heterocycles. The zero-order chi connectivity index (χ0) is 25.4. The number of carboxylic acid groups (broad SMARTS) is 1. The number of aromatic nitrogens is 1. The molecule has 1 aliphatic heterocycles. The van der Waals surface area contributed by atoms with E-state index in [1.54, 1.807) is 16.3 Å². The number of urea groups is 1. The normalized spacial score (nSPS) is 14.4. The molecule has 9 nitrogen and oxygen atoms in total. The topological polar surface area (TPSA) is 121 Å². The summed E-state index contributed by atoms with van der Waals surface area (Å²) in [5, 5.41) is 16.1. The molecule has 1 aliphatic rings. The van der Waals surface area contributed by atoms with Gasteiger partial charge in [0.25, 0.3) is 0 Å². The van der Waals surface area contributed by atoms with Crippen LogP contribution in [0.5, 0.6) is 0 Å². The van der Waals surface area contributed by atoms with Crippen LogP contribution in [0.3, 0.4) is 0 Å². The molecule has 3 N–H and O–H groups in total. The minimum atomic E-state index is -4.43. The van der Waals surface area contributed by atoms with Crippen LogP contribution in [0.25, 0.3) is 0 Å². The average molecular weight is 515 g/mol. The van der Waals surface area contributed by atoms with E-state index in [9.17, 15) is 27.6 Å². The minimum Gasteiger partial charge on any atom is -0.481 e. The molecule has 0 unspecified atom stereocenters. The van der Waals surface area contributed by atoms with E-state index in [-0.39, 0.29) is 37.1 Å². The Labute approximate surface area is 203 Å². The van der Waals surface area contributed by atoms with Gasteiger partial charge in [0.2, 0.25) is 0 Å². The number of hydrogen-bond donors (Lipinski definition) is 3. The van der Waals surface area contributed by atoms with Gasteiger partial charge in [-0.05, 0) is 30.9 Å². The third-order valence-corrected chi connectivity index (χ3v) is 6.21. The van der Waals surface area contributed by atoms with Gasteiger partial charge in [-0.2, -0.15) is 13.2 Å². The Balaban J connectivity index is 1.40. The first-order chi connectivity index (χ1) is 16.6. The lowest BCUT2D eigenvalue weighted by atomic mass is 9.96. The zero-order valence-corrected chi connectivity index (χ0v) is 19.5. The van der Waals surface area contributed by atoms with Gasteiger partial charge < -0.3 is 20.1 Å². The fraction of sp³-hybridized carbons (Fsp3) is 0.455. The number of rotatable bonds is 9. The molecular formula is C22H25F3N4O5S. The smallest absolute Gasteiger partial charge is 0.418 e. The third-order valence-electron chi connectivity index (χ3n) is 5.41. The second kappa shape index (κ2) is 11.9. The largest absolute Gasteiger partial charge is 0.481 e. The molecule has 2 amide bonds. The molecule has 1 fully saturated rings. The molecule has 2 aromatic rings. The summed E-state index contributed by atoms with van der Waals surface area (Å²) in [4.78, 5) is 40.3. The van der Waals surface area contributed by atoms with Gasteiger partial charge in [0.05, 0.1) is 24.1 Å². The van der Waals surface area contributed by atoms with Gasteiger partial charge in [0.15, 0.2) is 5.13 Å². The molecule has 1 aromatic heterocycles. The first kappa shape index (κ1) is 26.3. The highest BCUT2D eigenvalue weighted by Crippen LogP contribution is 2.34. The van der Waals surface area contributed by atoms with Gasteiger partial charge in [-0.3, -0.25) is 14.9 Å². The molecule has 0 bridgehead atoms. The van der Waals surface area contributed by atoms with Crippen LogP contribution in [0, 0.1) is 5.92 Å². The number of benzene rings is 1. The van der Waals surface area contributed by atoms with E-state index in [0.29, 0.717) is 43.3 Å². The van der Waals surface area contributed by atoms with Gasteiger partial charge in [0, 0.05) is 30.7 Å². The summed E-state index contributed by atoms with van der Waals surface area (Å²) in [6, 6.07) is 5.02. The lowest BCUT2D eigenvalue weighted by Gasteiger charge is -2.32. The van der Waals surface area contributed by atoms with Crippen LogP contribution < -0.4 is 10.6 Å². The molecule has 13 heteroatoms. The predicted octanol–water partition coefficient (Wildman–Crippen LogP) is 4.43. The molecule has 0 aliphatic carbocycles. The number of esters is 1. The van der Waals surface area contributed by atoms with Gasteiger partial charge in [-0.15, -0.1) is 11.3 Å². The fourth-order valence-corrected chi connectivity index (χ4v) is 4.20. The summed E-state index contributed by atoms with van der Waals surface area (Å²) in [5.41, 5.74) is -0.222. The van der Waals surface area contributed by atoms with Gasteiger partial charge in [0.1, 0.15) is 6.61 Å². The van der Waals surface area contributed by atoms with Crippen molar-refractivity contribution >= 4 is 40.1 Å². The monoisotopic (exact) mass is 514 g/mol. The van der Waals surface area contributed by atoms with Crippen molar-refractivity contribution in [1.29, 1.82) is 0 Å². The molecule has 0 spiro atoms. The van der Waals surface area contributed by atoms with Crippen LogP contribution in [0.2, 0.25) is 0 Å². The SMILES string of the molecule is O=C(O)CCC(=O)OCc1csc(NC(=O)N2CCC(CNc3ccccc3C(F)(F)F)CC2)n1. The number of aliphatic carboxylic acids is 1. The van der Waals surface area contributed by atoms with Crippen molar-refractivity contribution in [2.24, 2.45) is 5.92 Å². The second-order valence-electron chi connectivity index (χ2n) is 7.98. The number of carboxylic acids is 1. The van der Waals surface area contributed by atoms with E-state index >= 15 is 0 Å². The highest BCUT2D eigenvalue weighted by molar-refractivity contribution is 7.13. The molecule has 0 atom stereocenters. The number of amides is 2. The second-order valence-corrected chi connectivity index (χ2v) is 8.84. The number of nitrogens with one attached hydrogen (secondary N) is 2. The zero-order valence-electron chi connectivity index (χ0n) is 18.6. The van der Waals surface area contributed by atoms with Crippen molar-refractivity contribution in [2.75, 3.05) is 30.3 Å². The first-order valence-corrected chi connectivity index (χ1v) is 11.8. The Hall–Kier alpha value is -3.35. The Morgan fingerprint density at radius 1 is 1.17 bits per heavy atom. The number of thiazole rings is 1. The number of hydrogen-bond acceptors (Lipinski definition) is 7. The number of piperidine rings is 1. The lowest BCUT2D eigenvalue weighted by Crippen LogP contribution is -2.42. The van der Waals surface area contributed by atoms with Crippen molar-refractivity contribution in [2.45, 2.75) is 38.5 Å². The highest BCUT2D eigenvalue weighted by Gasteiger charge is 2.33. The summed E-state index contributed by atoms with van der Waals surface area (Å²) in [6.07, 6.45) is -3.69. The maximum Gasteiger partial charge on any atom is 0.418 e. The van der Waals surface area contributed by atoms with Crippen molar-refractivity contribution in [1.82, 2.24) is 9.88 Å². The summed E-state index contributed by atoms with van der Waals surface area (Å²) >= 11 is 1.16. The number of carbonyl (C=O) groups is 3. The van der Waals surface area contributed by atoms with E-state index in [1.807, 2.05) is 0 Å². The number of likely N-dealkylation sites (tertiary alicyclic amines) is 1.